The normalized spacial score (nSPS) is 10.8. The fourth-order valence-corrected chi connectivity index (χ4v) is 2.08. The molecule has 0 atom stereocenters. The van der Waals surface area contributed by atoms with Gasteiger partial charge in [-0.3, -0.25) is 14.5 Å². The van der Waals surface area contributed by atoms with Gasteiger partial charge in [-0.15, -0.1) is 0 Å². The minimum absolute atomic E-state index is 0.0769. The standard InChI is InChI=1S/C13H18IN3O2/c1-9(2)17(7-12(15)18)8-13(19)16-11-6-4-3-5-10(11)14/h3-6,9H,7-8H2,1-2H3,(H2,15,18)(H,16,19). The highest BCUT2D eigenvalue weighted by Gasteiger charge is 2.16. The van der Waals surface area contributed by atoms with Crippen molar-refractivity contribution in [3.05, 3.63) is 27.8 Å². The lowest BCUT2D eigenvalue weighted by atomic mass is 10.3. The lowest BCUT2D eigenvalue weighted by Gasteiger charge is -2.24. The summed E-state index contributed by atoms with van der Waals surface area (Å²) >= 11 is 2.16. The molecule has 3 N–H and O–H groups in total. The zero-order valence-electron chi connectivity index (χ0n) is 11.0. The van der Waals surface area contributed by atoms with Crippen molar-refractivity contribution in [2.45, 2.75) is 19.9 Å². The second-order valence-corrected chi connectivity index (χ2v) is 5.66. The summed E-state index contributed by atoms with van der Waals surface area (Å²) in [5.41, 5.74) is 5.94. The Bertz CT molecular complexity index is 463. The number of hydrogen-bond donors (Lipinski definition) is 2. The Hall–Kier alpha value is -1.15. The number of nitrogens with zero attached hydrogens (tertiary/aromatic N) is 1. The number of para-hydroxylation sites is 1. The summed E-state index contributed by atoms with van der Waals surface area (Å²) in [5.74, 6) is -0.588. The second kappa shape index (κ2) is 7.44. The molecule has 19 heavy (non-hydrogen) atoms. The number of amides is 2. The Labute approximate surface area is 126 Å². The third-order valence-electron chi connectivity index (χ3n) is 2.58. The number of anilines is 1. The van der Waals surface area contributed by atoms with Crippen LogP contribution in [0.5, 0.6) is 0 Å². The molecule has 0 fully saturated rings. The quantitative estimate of drug-likeness (QED) is 0.739. The number of hydrogen-bond acceptors (Lipinski definition) is 3. The van der Waals surface area contributed by atoms with E-state index in [1.54, 1.807) is 4.90 Å². The Morgan fingerprint density at radius 1 is 1.32 bits per heavy atom. The molecule has 104 valence electrons. The van der Waals surface area contributed by atoms with Gasteiger partial charge in [-0.1, -0.05) is 12.1 Å². The summed E-state index contributed by atoms with van der Waals surface area (Å²) in [6.45, 7) is 4.06. The van der Waals surface area contributed by atoms with Crippen LogP contribution in [0.25, 0.3) is 0 Å². The Morgan fingerprint density at radius 3 is 2.47 bits per heavy atom. The summed E-state index contributed by atoms with van der Waals surface area (Å²) in [6, 6.07) is 7.60. The van der Waals surface area contributed by atoms with Crippen LogP contribution in [-0.2, 0) is 9.59 Å². The van der Waals surface area contributed by atoms with E-state index < -0.39 is 5.91 Å². The van der Waals surface area contributed by atoms with Crippen LogP contribution in [0.1, 0.15) is 13.8 Å². The molecule has 5 nitrogen and oxygen atoms in total. The van der Waals surface area contributed by atoms with E-state index in [0.29, 0.717) is 0 Å². The molecule has 0 spiro atoms. The van der Waals surface area contributed by atoms with Gasteiger partial charge in [0.25, 0.3) is 0 Å². The van der Waals surface area contributed by atoms with Crippen molar-refractivity contribution in [2.75, 3.05) is 18.4 Å². The van der Waals surface area contributed by atoms with Crippen LogP contribution in [0.4, 0.5) is 5.69 Å². The number of rotatable bonds is 6. The molecule has 6 heteroatoms. The van der Waals surface area contributed by atoms with Crippen LogP contribution in [0.15, 0.2) is 24.3 Å². The largest absolute Gasteiger partial charge is 0.369 e. The average Bonchev–Trinajstić information content (AvgIpc) is 2.30. The predicted octanol–water partition coefficient (Wildman–Crippen LogP) is 1.43. The number of carbonyl (C=O) groups is 2. The van der Waals surface area contributed by atoms with Crippen LogP contribution in [-0.4, -0.2) is 35.8 Å². The fourth-order valence-electron chi connectivity index (χ4n) is 1.56. The van der Waals surface area contributed by atoms with Gasteiger partial charge in [-0.2, -0.15) is 0 Å². The summed E-state index contributed by atoms with van der Waals surface area (Å²) in [6.07, 6.45) is 0. The van der Waals surface area contributed by atoms with Crippen LogP contribution in [0.3, 0.4) is 0 Å². The molecule has 0 heterocycles. The van der Waals surface area contributed by atoms with E-state index in [-0.39, 0.29) is 25.0 Å². The second-order valence-electron chi connectivity index (χ2n) is 4.49. The summed E-state index contributed by atoms with van der Waals surface area (Å²) in [7, 11) is 0. The number of benzene rings is 1. The first-order valence-corrected chi connectivity index (χ1v) is 7.04. The highest BCUT2D eigenvalue weighted by molar-refractivity contribution is 14.1. The molecular formula is C13H18IN3O2. The third kappa shape index (κ3) is 5.56. The third-order valence-corrected chi connectivity index (χ3v) is 3.52. The highest BCUT2D eigenvalue weighted by atomic mass is 127. The van der Waals surface area contributed by atoms with Gasteiger partial charge in [0, 0.05) is 9.61 Å². The fraction of sp³-hybridized carbons (Fsp3) is 0.385. The number of nitrogens with one attached hydrogen (secondary N) is 1. The van der Waals surface area contributed by atoms with Gasteiger partial charge in [0.05, 0.1) is 18.8 Å². The molecule has 0 saturated carbocycles. The smallest absolute Gasteiger partial charge is 0.238 e. The van der Waals surface area contributed by atoms with Crippen molar-refractivity contribution < 1.29 is 9.59 Å². The van der Waals surface area contributed by atoms with Crippen molar-refractivity contribution in [2.24, 2.45) is 5.73 Å². The number of primary amides is 1. The monoisotopic (exact) mass is 375 g/mol. The maximum absolute atomic E-state index is 12.0. The molecule has 0 unspecified atom stereocenters. The van der Waals surface area contributed by atoms with E-state index in [4.69, 9.17) is 5.73 Å². The zero-order chi connectivity index (χ0) is 14.4. The molecule has 0 saturated heterocycles. The molecule has 2 amide bonds. The highest BCUT2D eigenvalue weighted by Crippen LogP contribution is 2.16. The molecule has 1 rings (SSSR count). The first-order chi connectivity index (χ1) is 8.90. The van der Waals surface area contributed by atoms with Gasteiger partial charge < -0.3 is 11.1 Å². The first-order valence-electron chi connectivity index (χ1n) is 5.97. The van der Waals surface area contributed by atoms with Crippen LogP contribution in [0.2, 0.25) is 0 Å². The molecule has 0 radical (unpaired) electrons. The number of nitrogens with two attached hydrogens (primary N) is 1. The molecule has 1 aromatic rings. The molecule has 0 bridgehead atoms. The predicted molar refractivity (Wildman–Crippen MR) is 83.7 cm³/mol. The first kappa shape index (κ1) is 15.9. The van der Waals surface area contributed by atoms with Crippen molar-refractivity contribution in [1.29, 1.82) is 0 Å². The van der Waals surface area contributed by atoms with Gasteiger partial charge in [-0.05, 0) is 48.6 Å². The SMILES string of the molecule is CC(C)N(CC(N)=O)CC(=O)Nc1ccccc1I. The number of halogens is 1. The Morgan fingerprint density at radius 2 is 1.95 bits per heavy atom. The summed E-state index contributed by atoms with van der Waals surface area (Å²) in [5, 5.41) is 2.83. The maximum Gasteiger partial charge on any atom is 0.238 e. The molecule has 0 aliphatic rings. The lowest BCUT2D eigenvalue weighted by molar-refractivity contribution is -0.121. The van der Waals surface area contributed by atoms with E-state index >= 15 is 0 Å². The van der Waals surface area contributed by atoms with E-state index in [1.807, 2.05) is 38.1 Å². The molecule has 0 aliphatic heterocycles. The van der Waals surface area contributed by atoms with Crippen molar-refractivity contribution in [3.63, 3.8) is 0 Å². The van der Waals surface area contributed by atoms with E-state index in [2.05, 4.69) is 27.9 Å². The minimum atomic E-state index is -0.434. The van der Waals surface area contributed by atoms with Gasteiger partial charge in [0.2, 0.25) is 11.8 Å². The van der Waals surface area contributed by atoms with E-state index in [9.17, 15) is 9.59 Å². The molecule has 1 aromatic carbocycles. The topological polar surface area (TPSA) is 75.4 Å². The summed E-state index contributed by atoms with van der Waals surface area (Å²) < 4.78 is 0.972. The van der Waals surface area contributed by atoms with Gasteiger partial charge in [0.15, 0.2) is 0 Å². The molecule has 0 aliphatic carbocycles. The van der Waals surface area contributed by atoms with Crippen molar-refractivity contribution in [3.8, 4) is 0 Å². The lowest BCUT2D eigenvalue weighted by Crippen LogP contribution is -2.43. The number of carbonyl (C=O) groups excluding carboxylic acids is 2. The maximum atomic E-state index is 12.0. The Kier molecular flexibility index (Phi) is 6.23. The van der Waals surface area contributed by atoms with Crippen LogP contribution in [0, 0.1) is 3.57 Å². The van der Waals surface area contributed by atoms with Crippen molar-refractivity contribution in [1.82, 2.24) is 4.90 Å². The van der Waals surface area contributed by atoms with Gasteiger partial charge >= 0.3 is 0 Å². The van der Waals surface area contributed by atoms with Gasteiger partial charge in [-0.25, -0.2) is 0 Å². The molecular weight excluding hydrogens is 357 g/mol. The Balaban J connectivity index is 2.63. The average molecular weight is 375 g/mol. The van der Waals surface area contributed by atoms with E-state index in [1.165, 1.54) is 0 Å². The van der Waals surface area contributed by atoms with Gasteiger partial charge in [0.1, 0.15) is 0 Å². The van der Waals surface area contributed by atoms with Crippen LogP contribution < -0.4 is 11.1 Å². The molecule has 0 aromatic heterocycles. The van der Waals surface area contributed by atoms with E-state index in [0.717, 1.165) is 9.26 Å². The van der Waals surface area contributed by atoms with Crippen LogP contribution >= 0.6 is 22.6 Å². The van der Waals surface area contributed by atoms with Crippen molar-refractivity contribution >= 4 is 40.1 Å². The minimum Gasteiger partial charge on any atom is -0.369 e. The summed E-state index contributed by atoms with van der Waals surface area (Å²) in [4.78, 5) is 24.6. The zero-order valence-corrected chi connectivity index (χ0v) is 13.2.